The summed E-state index contributed by atoms with van der Waals surface area (Å²) in [7, 11) is 0. The number of rotatable bonds is 2. The van der Waals surface area contributed by atoms with Crippen LogP contribution in [0, 0.1) is 0 Å². The van der Waals surface area contributed by atoms with Crippen LogP contribution in [0.3, 0.4) is 0 Å². The molecule has 2 aromatic carbocycles. The van der Waals surface area contributed by atoms with Crippen LogP contribution in [0.5, 0.6) is 0 Å². The lowest BCUT2D eigenvalue weighted by molar-refractivity contribution is 0.841. The molecule has 0 saturated carbocycles. The minimum atomic E-state index is 0.798. The first kappa shape index (κ1) is 12.0. The van der Waals surface area contributed by atoms with E-state index in [9.17, 15) is 0 Å². The van der Waals surface area contributed by atoms with Crippen LogP contribution in [-0.2, 0) is 6.54 Å². The number of fused-ring (bicyclic) bond motifs is 2. The topological polar surface area (TPSA) is 43.8 Å². The Labute approximate surface area is 122 Å². The summed E-state index contributed by atoms with van der Waals surface area (Å²) >= 11 is 0. The molecule has 21 heavy (non-hydrogen) atoms. The summed E-state index contributed by atoms with van der Waals surface area (Å²) in [5.74, 6) is 0. The number of para-hydroxylation sites is 1. The maximum Gasteiger partial charge on any atom is 0.0751 e. The van der Waals surface area contributed by atoms with Gasteiger partial charge in [0.1, 0.15) is 0 Å². The van der Waals surface area contributed by atoms with Crippen molar-refractivity contribution in [1.82, 2.24) is 9.55 Å². The number of hydrogen-bond donors (Lipinski definition) is 1. The van der Waals surface area contributed by atoms with Crippen molar-refractivity contribution in [2.75, 3.05) is 5.73 Å². The highest BCUT2D eigenvalue weighted by atomic mass is 15.0. The van der Waals surface area contributed by atoms with E-state index in [0.717, 1.165) is 17.7 Å². The van der Waals surface area contributed by atoms with Gasteiger partial charge < -0.3 is 10.3 Å². The van der Waals surface area contributed by atoms with Crippen molar-refractivity contribution in [3.8, 4) is 0 Å². The highest BCUT2D eigenvalue weighted by Crippen LogP contribution is 2.22. The molecule has 0 atom stereocenters. The van der Waals surface area contributed by atoms with Crippen molar-refractivity contribution >= 4 is 27.5 Å². The zero-order valence-corrected chi connectivity index (χ0v) is 11.5. The van der Waals surface area contributed by atoms with E-state index in [-0.39, 0.29) is 0 Å². The Bertz CT molecular complexity index is 932. The van der Waals surface area contributed by atoms with E-state index in [1.807, 2.05) is 24.4 Å². The van der Waals surface area contributed by atoms with Crippen LogP contribution in [0.4, 0.5) is 5.69 Å². The minimum Gasteiger partial charge on any atom is -0.399 e. The van der Waals surface area contributed by atoms with Gasteiger partial charge in [0, 0.05) is 40.9 Å². The largest absolute Gasteiger partial charge is 0.399 e. The summed E-state index contributed by atoms with van der Waals surface area (Å²) in [6.07, 6.45) is 3.95. The Hall–Kier alpha value is -2.81. The predicted molar refractivity (Wildman–Crippen MR) is 87.2 cm³/mol. The van der Waals surface area contributed by atoms with Crippen LogP contribution in [0.2, 0.25) is 0 Å². The van der Waals surface area contributed by atoms with Crippen molar-refractivity contribution < 1.29 is 0 Å². The first-order chi connectivity index (χ1) is 10.3. The molecule has 0 aliphatic rings. The zero-order chi connectivity index (χ0) is 14.2. The second kappa shape index (κ2) is 4.63. The van der Waals surface area contributed by atoms with Gasteiger partial charge in [0.05, 0.1) is 5.52 Å². The van der Waals surface area contributed by atoms with E-state index in [0.29, 0.717) is 0 Å². The van der Waals surface area contributed by atoms with Crippen LogP contribution >= 0.6 is 0 Å². The first-order valence-electron chi connectivity index (χ1n) is 6.98. The average molecular weight is 273 g/mol. The summed E-state index contributed by atoms with van der Waals surface area (Å²) in [4.78, 5) is 4.52. The summed E-state index contributed by atoms with van der Waals surface area (Å²) in [5.41, 5.74) is 10.1. The lowest BCUT2D eigenvalue weighted by Crippen LogP contribution is -1.99. The number of nitrogens with zero attached hydrogens (tertiary/aromatic N) is 2. The fourth-order valence-electron chi connectivity index (χ4n) is 2.84. The Kier molecular flexibility index (Phi) is 2.64. The molecule has 4 rings (SSSR count). The smallest absolute Gasteiger partial charge is 0.0751 e. The van der Waals surface area contributed by atoms with Crippen LogP contribution < -0.4 is 5.73 Å². The van der Waals surface area contributed by atoms with Gasteiger partial charge in [-0.05, 0) is 35.9 Å². The molecule has 2 N–H and O–H groups in total. The van der Waals surface area contributed by atoms with Gasteiger partial charge in [-0.1, -0.05) is 24.3 Å². The average Bonchev–Trinajstić information content (AvgIpc) is 2.90. The number of anilines is 1. The van der Waals surface area contributed by atoms with Gasteiger partial charge in [0.25, 0.3) is 0 Å². The summed E-state index contributed by atoms with van der Waals surface area (Å²) in [6, 6.07) is 18.5. The summed E-state index contributed by atoms with van der Waals surface area (Å²) in [6.45, 7) is 0.807. The number of pyridine rings is 1. The Morgan fingerprint density at radius 2 is 1.86 bits per heavy atom. The molecule has 2 heterocycles. The monoisotopic (exact) mass is 273 g/mol. The molecule has 3 heteroatoms. The second-order valence-electron chi connectivity index (χ2n) is 5.25. The van der Waals surface area contributed by atoms with Crippen molar-refractivity contribution in [2.24, 2.45) is 0 Å². The van der Waals surface area contributed by atoms with E-state index in [4.69, 9.17) is 5.73 Å². The van der Waals surface area contributed by atoms with E-state index >= 15 is 0 Å². The third-order valence-electron chi connectivity index (χ3n) is 3.85. The van der Waals surface area contributed by atoms with Crippen LogP contribution in [0.25, 0.3) is 21.8 Å². The SMILES string of the molecule is Nc1ccc2c(ccn2Cc2cccc3cccnc23)c1. The zero-order valence-electron chi connectivity index (χ0n) is 11.5. The molecule has 102 valence electrons. The van der Waals surface area contributed by atoms with Gasteiger partial charge in [0.2, 0.25) is 0 Å². The fraction of sp³-hybridized carbons (Fsp3) is 0.0556. The number of nitrogen functional groups attached to an aromatic ring is 1. The standard InChI is InChI=1S/C18H15N3/c19-16-6-7-17-14(11-16)8-10-21(17)12-15-4-1-3-13-5-2-9-20-18(13)15/h1-11H,12,19H2. The molecule has 0 amide bonds. The third kappa shape index (κ3) is 2.03. The number of hydrogen-bond acceptors (Lipinski definition) is 2. The summed E-state index contributed by atoms with van der Waals surface area (Å²) in [5, 5.41) is 2.35. The predicted octanol–water partition coefficient (Wildman–Crippen LogP) is 3.82. The fourth-order valence-corrected chi connectivity index (χ4v) is 2.84. The van der Waals surface area contributed by atoms with E-state index in [1.165, 1.54) is 21.9 Å². The Morgan fingerprint density at radius 3 is 2.81 bits per heavy atom. The molecule has 0 bridgehead atoms. The molecule has 0 aliphatic carbocycles. The van der Waals surface area contributed by atoms with Gasteiger partial charge in [-0.2, -0.15) is 0 Å². The molecular formula is C18H15N3. The Morgan fingerprint density at radius 1 is 0.952 bits per heavy atom. The van der Waals surface area contributed by atoms with Crippen LogP contribution in [0.1, 0.15) is 5.56 Å². The van der Waals surface area contributed by atoms with Gasteiger partial charge in [-0.15, -0.1) is 0 Å². The molecule has 0 radical (unpaired) electrons. The lowest BCUT2D eigenvalue weighted by Gasteiger charge is -2.08. The molecule has 0 fully saturated rings. The van der Waals surface area contributed by atoms with Gasteiger partial charge in [0.15, 0.2) is 0 Å². The highest BCUT2D eigenvalue weighted by Gasteiger charge is 2.05. The quantitative estimate of drug-likeness (QED) is 0.564. The lowest BCUT2D eigenvalue weighted by atomic mass is 10.1. The molecular weight excluding hydrogens is 258 g/mol. The molecule has 2 aromatic heterocycles. The maximum atomic E-state index is 5.84. The van der Waals surface area contributed by atoms with Gasteiger partial charge in [-0.3, -0.25) is 4.98 Å². The maximum absolute atomic E-state index is 5.84. The Balaban J connectivity index is 1.83. The van der Waals surface area contributed by atoms with Crippen molar-refractivity contribution in [3.05, 3.63) is 72.6 Å². The van der Waals surface area contributed by atoms with Gasteiger partial charge in [-0.25, -0.2) is 0 Å². The van der Waals surface area contributed by atoms with Crippen LogP contribution in [0.15, 0.2) is 67.0 Å². The summed E-state index contributed by atoms with van der Waals surface area (Å²) < 4.78 is 2.23. The van der Waals surface area contributed by atoms with Crippen molar-refractivity contribution in [2.45, 2.75) is 6.54 Å². The van der Waals surface area contributed by atoms with Crippen LogP contribution in [-0.4, -0.2) is 9.55 Å². The molecule has 3 nitrogen and oxygen atoms in total. The van der Waals surface area contributed by atoms with Gasteiger partial charge >= 0.3 is 0 Å². The highest BCUT2D eigenvalue weighted by molar-refractivity contribution is 5.84. The van der Waals surface area contributed by atoms with E-state index in [2.05, 4.69) is 52.1 Å². The normalized spacial score (nSPS) is 11.2. The number of aromatic nitrogens is 2. The first-order valence-corrected chi connectivity index (χ1v) is 6.98. The van der Waals surface area contributed by atoms with Crippen molar-refractivity contribution in [1.29, 1.82) is 0 Å². The van der Waals surface area contributed by atoms with E-state index in [1.54, 1.807) is 0 Å². The number of nitrogens with two attached hydrogens (primary N) is 1. The van der Waals surface area contributed by atoms with Crippen molar-refractivity contribution in [3.63, 3.8) is 0 Å². The van der Waals surface area contributed by atoms with E-state index < -0.39 is 0 Å². The molecule has 0 spiro atoms. The third-order valence-corrected chi connectivity index (χ3v) is 3.85. The molecule has 4 aromatic rings. The molecule has 0 aliphatic heterocycles. The molecule has 0 unspecified atom stereocenters. The molecule has 0 saturated heterocycles. The minimum absolute atomic E-state index is 0.798. The second-order valence-corrected chi connectivity index (χ2v) is 5.25. The number of benzene rings is 2.